The lowest BCUT2D eigenvalue weighted by atomic mass is 10.1. The monoisotopic (exact) mass is 260 g/mol. The maximum Gasteiger partial charge on any atom is 0.335 e. The van der Waals surface area contributed by atoms with Gasteiger partial charge in [-0.05, 0) is 18.2 Å². The highest BCUT2D eigenvalue weighted by atomic mass is 16.4. The number of carboxylic acids is 1. The summed E-state index contributed by atoms with van der Waals surface area (Å²) in [5.41, 5.74) is 8.40. The van der Waals surface area contributed by atoms with Crippen LogP contribution in [-0.2, 0) is 13.6 Å². The van der Waals surface area contributed by atoms with E-state index in [1.165, 1.54) is 6.07 Å². The summed E-state index contributed by atoms with van der Waals surface area (Å²) in [7, 11) is 3.76. The van der Waals surface area contributed by atoms with E-state index >= 15 is 0 Å². The van der Waals surface area contributed by atoms with Crippen LogP contribution in [-0.4, -0.2) is 27.9 Å². The Labute approximate surface area is 111 Å². The summed E-state index contributed by atoms with van der Waals surface area (Å²) in [4.78, 5) is 12.8. The second-order valence-corrected chi connectivity index (χ2v) is 4.46. The second-order valence-electron chi connectivity index (χ2n) is 4.46. The minimum absolute atomic E-state index is 0.191. The van der Waals surface area contributed by atoms with Crippen LogP contribution in [0.1, 0.15) is 15.9 Å². The normalized spacial score (nSPS) is 10.4. The van der Waals surface area contributed by atoms with Gasteiger partial charge in [0.1, 0.15) is 0 Å². The van der Waals surface area contributed by atoms with Gasteiger partial charge in [-0.25, -0.2) is 4.79 Å². The van der Waals surface area contributed by atoms with Gasteiger partial charge in [-0.2, -0.15) is 5.10 Å². The Bertz CT molecular complexity index is 606. The number of nitrogen functional groups attached to an aromatic ring is 1. The molecule has 6 heteroatoms. The molecule has 0 amide bonds. The maximum absolute atomic E-state index is 10.8. The number of carboxylic acid groups (broad SMARTS) is 1. The molecule has 0 bridgehead atoms. The topological polar surface area (TPSA) is 84.4 Å². The number of carbonyl (C=O) groups is 1. The van der Waals surface area contributed by atoms with Gasteiger partial charge in [-0.1, -0.05) is 0 Å². The summed E-state index contributed by atoms with van der Waals surface area (Å²) in [6.45, 7) is 0.657. The molecule has 0 atom stereocenters. The Morgan fingerprint density at radius 2 is 2.26 bits per heavy atom. The van der Waals surface area contributed by atoms with E-state index in [0.717, 1.165) is 11.3 Å². The van der Waals surface area contributed by atoms with Crippen molar-refractivity contribution in [3.05, 3.63) is 41.7 Å². The first-order valence-corrected chi connectivity index (χ1v) is 5.79. The van der Waals surface area contributed by atoms with E-state index < -0.39 is 5.97 Å². The summed E-state index contributed by atoms with van der Waals surface area (Å²) < 4.78 is 1.74. The van der Waals surface area contributed by atoms with Crippen LogP contribution >= 0.6 is 0 Å². The molecular formula is C13H16N4O2. The largest absolute Gasteiger partial charge is 0.478 e. The molecule has 0 aliphatic carbocycles. The Kier molecular flexibility index (Phi) is 3.41. The van der Waals surface area contributed by atoms with Gasteiger partial charge in [0.15, 0.2) is 0 Å². The molecule has 6 nitrogen and oxygen atoms in total. The van der Waals surface area contributed by atoms with Gasteiger partial charge in [0, 0.05) is 32.4 Å². The van der Waals surface area contributed by atoms with Crippen LogP contribution in [0.15, 0.2) is 30.6 Å². The number of hydrogen-bond donors (Lipinski definition) is 2. The average Bonchev–Trinajstić information content (AvgIpc) is 2.74. The van der Waals surface area contributed by atoms with Crippen LogP contribution in [0.25, 0.3) is 0 Å². The predicted octanol–water partition coefficient (Wildman–Crippen LogP) is 1.34. The molecule has 0 aliphatic rings. The van der Waals surface area contributed by atoms with Crippen LogP contribution in [0.2, 0.25) is 0 Å². The number of aromatic carboxylic acids is 1. The number of rotatable bonds is 4. The molecule has 0 radical (unpaired) electrons. The molecule has 1 heterocycles. The van der Waals surface area contributed by atoms with Crippen molar-refractivity contribution in [3.8, 4) is 0 Å². The zero-order chi connectivity index (χ0) is 14.0. The minimum Gasteiger partial charge on any atom is -0.478 e. The van der Waals surface area contributed by atoms with Gasteiger partial charge < -0.3 is 15.7 Å². The summed E-state index contributed by atoms with van der Waals surface area (Å²) in [6, 6.07) is 4.74. The predicted molar refractivity (Wildman–Crippen MR) is 73.1 cm³/mol. The average molecular weight is 260 g/mol. The number of anilines is 2. The smallest absolute Gasteiger partial charge is 0.335 e. The molecule has 0 fully saturated rings. The van der Waals surface area contributed by atoms with Crippen molar-refractivity contribution in [3.63, 3.8) is 0 Å². The van der Waals surface area contributed by atoms with Crippen LogP contribution < -0.4 is 10.6 Å². The number of aryl methyl sites for hydroxylation is 1. The van der Waals surface area contributed by atoms with Crippen LogP contribution in [0.3, 0.4) is 0 Å². The zero-order valence-electron chi connectivity index (χ0n) is 10.9. The first-order chi connectivity index (χ1) is 8.97. The molecule has 0 saturated heterocycles. The van der Waals surface area contributed by atoms with E-state index in [4.69, 9.17) is 10.8 Å². The van der Waals surface area contributed by atoms with Crippen molar-refractivity contribution in [2.75, 3.05) is 17.7 Å². The van der Waals surface area contributed by atoms with E-state index in [1.807, 2.05) is 25.2 Å². The summed E-state index contributed by atoms with van der Waals surface area (Å²) in [6.07, 6.45) is 3.72. The SMILES string of the molecule is CN(Cc1cnn(C)c1)c1ccc(C(=O)O)cc1N. The lowest BCUT2D eigenvalue weighted by Gasteiger charge is -2.20. The standard InChI is InChI=1S/C13H16N4O2/c1-16(7-9-6-15-17(2)8-9)12-4-3-10(13(18)19)5-11(12)14/h3-6,8H,7,14H2,1-2H3,(H,18,19). The fourth-order valence-electron chi connectivity index (χ4n) is 1.95. The molecule has 0 spiro atoms. The van der Waals surface area contributed by atoms with Gasteiger partial charge in [0.05, 0.1) is 23.1 Å². The van der Waals surface area contributed by atoms with E-state index in [-0.39, 0.29) is 5.56 Å². The number of hydrogen-bond acceptors (Lipinski definition) is 4. The van der Waals surface area contributed by atoms with E-state index in [2.05, 4.69) is 5.10 Å². The van der Waals surface area contributed by atoms with Crippen molar-refractivity contribution >= 4 is 17.3 Å². The second kappa shape index (κ2) is 5.01. The van der Waals surface area contributed by atoms with Gasteiger partial charge in [0.2, 0.25) is 0 Å². The molecule has 19 heavy (non-hydrogen) atoms. The molecule has 2 rings (SSSR count). The number of nitrogens with two attached hydrogens (primary N) is 1. The quantitative estimate of drug-likeness (QED) is 0.810. The molecule has 2 aromatic rings. The lowest BCUT2D eigenvalue weighted by Crippen LogP contribution is -2.17. The first kappa shape index (κ1) is 12.9. The Balaban J connectivity index is 2.19. The summed E-state index contributed by atoms with van der Waals surface area (Å²) >= 11 is 0. The molecule has 100 valence electrons. The van der Waals surface area contributed by atoms with Crippen molar-refractivity contribution in [1.82, 2.24) is 9.78 Å². The van der Waals surface area contributed by atoms with Gasteiger partial charge in [-0.3, -0.25) is 4.68 Å². The highest BCUT2D eigenvalue weighted by molar-refractivity contribution is 5.90. The van der Waals surface area contributed by atoms with Crippen molar-refractivity contribution < 1.29 is 9.90 Å². The molecule has 0 saturated carbocycles. The zero-order valence-corrected chi connectivity index (χ0v) is 10.9. The van der Waals surface area contributed by atoms with E-state index in [1.54, 1.807) is 23.0 Å². The summed E-state index contributed by atoms with van der Waals surface area (Å²) in [5.74, 6) is -0.979. The van der Waals surface area contributed by atoms with E-state index in [9.17, 15) is 4.79 Å². The third-order valence-corrected chi connectivity index (χ3v) is 2.86. The Morgan fingerprint density at radius 1 is 1.53 bits per heavy atom. The third-order valence-electron chi connectivity index (χ3n) is 2.86. The molecule has 1 aromatic carbocycles. The molecule has 0 aliphatic heterocycles. The number of benzene rings is 1. The molecule has 3 N–H and O–H groups in total. The highest BCUT2D eigenvalue weighted by Crippen LogP contribution is 2.24. The first-order valence-electron chi connectivity index (χ1n) is 5.79. The molecule has 1 aromatic heterocycles. The van der Waals surface area contributed by atoms with Gasteiger partial charge in [0.25, 0.3) is 0 Å². The van der Waals surface area contributed by atoms with Crippen LogP contribution in [0.4, 0.5) is 11.4 Å². The fourth-order valence-corrected chi connectivity index (χ4v) is 1.95. The molecular weight excluding hydrogens is 244 g/mol. The third kappa shape index (κ3) is 2.85. The van der Waals surface area contributed by atoms with E-state index in [0.29, 0.717) is 12.2 Å². The van der Waals surface area contributed by atoms with Crippen LogP contribution in [0, 0.1) is 0 Å². The highest BCUT2D eigenvalue weighted by Gasteiger charge is 2.10. The maximum atomic E-state index is 10.8. The Hall–Kier alpha value is -2.50. The number of aromatic nitrogens is 2. The lowest BCUT2D eigenvalue weighted by molar-refractivity contribution is 0.0697. The fraction of sp³-hybridized carbons (Fsp3) is 0.231. The minimum atomic E-state index is -0.979. The van der Waals surface area contributed by atoms with Gasteiger partial charge >= 0.3 is 5.97 Å². The van der Waals surface area contributed by atoms with Gasteiger partial charge in [-0.15, -0.1) is 0 Å². The van der Waals surface area contributed by atoms with Crippen molar-refractivity contribution in [1.29, 1.82) is 0 Å². The number of nitrogens with zero attached hydrogens (tertiary/aromatic N) is 3. The summed E-state index contributed by atoms with van der Waals surface area (Å²) in [5, 5.41) is 13.0. The van der Waals surface area contributed by atoms with Crippen molar-refractivity contribution in [2.24, 2.45) is 7.05 Å². The van der Waals surface area contributed by atoms with Crippen LogP contribution in [0.5, 0.6) is 0 Å². The molecule has 0 unspecified atom stereocenters. The Morgan fingerprint density at radius 3 is 2.79 bits per heavy atom. The van der Waals surface area contributed by atoms with Crippen molar-refractivity contribution in [2.45, 2.75) is 6.54 Å².